The molecular formula is C23H31N3O5S. The maximum absolute atomic E-state index is 12.5. The van der Waals surface area contributed by atoms with E-state index in [0.29, 0.717) is 23.5 Å². The van der Waals surface area contributed by atoms with Crippen molar-refractivity contribution in [3.05, 3.63) is 59.2 Å². The van der Waals surface area contributed by atoms with E-state index in [-0.39, 0.29) is 10.5 Å². The normalized spacial score (nSPS) is 11.3. The van der Waals surface area contributed by atoms with Crippen molar-refractivity contribution >= 4 is 21.8 Å². The summed E-state index contributed by atoms with van der Waals surface area (Å²) in [5.74, 6) is -0.433. The zero-order valence-electron chi connectivity index (χ0n) is 19.0. The monoisotopic (exact) mass is 461 g/mol. The molecule has 32 heavy (non-hydrogen) atoms. The lowest BCUT2D eigenvalue weighted by molar-refractivity contribution is 0.0846. The minimum Gasteiger partial charge on any atom is -0.494 e. The van der Waals surface area contributed by atoms with Gasteiger partial charge in [0.1, 0.15) is 5.75 Å². The highest BCUT2D eigenvalue weighted by Crippen LogP contribution is 2.18. The van der Waals surface area contributed by atoms with Crippen LogP contribution >= 0.6 is 0 Å². The number of hydrogen-bond donors (Lipinski definition) is 2. The summed E-state index contributed by atoms with van der Waals surface area (Å²) in [5, 5.41) is 0. The predicted octanol–water partition coefficient (Wildman–Crippen LogP) is 3.28. The Kier molecular flexibility index (Phi) is 9.22. The van der Waals surface area contributed by atoms with Gasteiger partial charge in [0, 0.05) is 25.2 Å². The second-order valence-corrected chi connectivity index (χ2v) is 9.76. The number of hydrazine groups is 1. The number of nitrogens with zero attached hydrogens (tertiary/aromatic N) is 1. The Morgan fingerprint density at radius 3 is 2.22 bits per heavy atom. The molecule has 0 bridgehead atoms. The van der Waals surface area contributed by atoms with Crippen molar-refractivity contribution in [1.29, 1.82) is 0 Å². The number of rotatable bonds is 10. The van der Waals surface area contributed by atoms with Gasteiger partial charge in [-0.1, -0.05) is 32.3 Å². The standard InChI is InChI=1S/C23H31N3O5S/c1-5-6-7-8-15-31-19-12-10-18(11-13-19)22(27)24-25-23(28)21-16-20(14-9-17(21)2)32(29,30)26(3)4/h9-14,16H,5-8,15H2,1-4H3,(H,24,27)(H,25,28). The minimum atomic E-state index is -3.69. The van der Waals surface area contributed by atoms with Gasteiger partial charge in [-0.2, -0.15) is 0 Å². The van der Waals surface area contributed by atoms with Gasteiger partial charge in [-0.15, -0.1) is 0 Å². The second-order valence-electron chi connectivity index (χ2n) is 7.61. The molecule has 0 aromatic heterocycles. The van der Waals surface area contributed by atoms with E-state index >= 15 is 0 Å². The van der Waals surface area contributed by atoms with Crippen LogP contribution in [0.25, 0.3) is 0 Å². The fraction of sp³-hybridized carbons (Fsp3) is 0.391. The van der Waals surface area contributed by atoms with Gasteiger partial charge in [0.15, 0.2) is 0 Å². The number of amides is 2. The summed E-state index contributed by atoms with van der Waals surface area (Å²) in [4.78, 5) is 24.9. The zero-order chi connectivity index (χ0) is 23.7. The van der Waals surface area contributed by atoms with E-state index < -0.39 is 21.8 Å². The lowest BCUT2D eigenvalue weighted by Crippen LogP contribution is -2.42. The maximum Gasteiger partial charge on any atom is 0.270 e. The molecule has 0 fully saturated rings. The van der Waals surface area contributed by atoms with E-state index in [9.17, 15) is 18.0 Å². The number of hydrogen-bond acceptors (Lipinski definition) is 5. The van der Waals surface area contributed by atoms with Crippen LogP contribution in [-0.2, 0) is 10.0 Å². The second kappa shape index (κ2) is 11.6. The van der Waals surface area contributed by atoms with Crippen LogP contribution in [0, 0.1) is 6.92 Å². The van der Waals surface area contributed by atoms with Crippen molar-refractivity contribution in [2.75, 3.05) is 20.7 Å². The number of unbranched alkanes of at least 4 members (excludes halogenated alkanes) is 3. The first-order valence-corrected chi connectivity index (χ1v) is 12.0. The number of aryl methyl sites for hydroxylation is 1. The molecule has 0 atom stereocenters. The van der Waals surface area contributed by atoms with Crippen molar-refractivity contribution < 1.29 is 22.7 Å². The Hall–Kier alpha value is -2.91. The van der Waals surface area contributed by atoms with Crippen molar-refractivity contribution in [3.63, 3.8) is 0 Å². The molecule has 0 saturated heterocycles. The number of carbonyl (C=O) groups excluding carboxylic acids is 2. The smallest absolute Gasteiger partial charge is 0.270 e. The summed E-state index contributed by atoms with van der Waals surface area (Å²) >= 11 is 0. The van der Waals surface area contributed by atoms with E-state index in [1.165, 1.54) is 39.1 Å². The van der Waals surface area contributed by atoms with Gasteiger partial charge in [0.05, 0.1) is 11.5 Å². The SMILES string of the molecule is CCCCCCOc1ccc(C(=O)NNC(=O)c2cc(S(=O)(=O)N(C)C)ccc2C)cc1. The third-order valence-corrected chi connectivity index (χ3v) is 6.72. The Morgan fingerprint density at radius 2 is 1.59 bits per heavy atom. The predicted molar refractivity (Wildman–Crippen MR) is 123 cm³/mol. The van der Waals surface area contributed by atoms with Crippen molar-refractivity contribution in [3.8, 4) is 5.75 Å². The van der Waals surface area contributed by atoms with Crippen molar-refractivity contribution in [2.24, 2.45) is 0 Å². The highest BCUT2D eigenvalue weighted by atomic mass is 32.2. The molecule has 0 saturated carbocycles. The lowest BCUT2D eigenvalue weighted by atomic mass is 10.1. The molecule has 2 rings (SSSR count). The molecule has 0 aliphatic carbocycles. The molecule has 174 valence electrons. The molecule has 0 unspecified atom stereocenters. The molecular weight excluding hydrogens is 430 g/mol. The van der Waals surface area contributed by atoms with Gasteiger partial charge in [0.25, 0.3) is 11.8 Å². The number of sulfonamides is 1. The topological polar surface area (TPSA) is 105 Å². The van der Waals surface area contributed by atoms with Gasteiger partial charge in [-0.05, 0) is 55.3 Å². The first-order chi connectivity index (χ1) is 15.2. The molecule has 0 radical (unpaired) electrons. The van der Waals surface area contributed by atoms with Crippen LogP contribution in [0.1, 0.15) is 58.9 Å². The third kappa shape index (κ3) is 6.80. The molecule has 2 aromatic carbocycles. The van der Waals surface area contributed by atoms with Gasteiger partial charge in [-0.3, -0.25) is 20.4 Å². The Balaban J connectivity index is 1.96. The number of nitrogens with one attached hydrogen (secondary N) is 2. The van der Waals surface area contributed by atoms with E-state index in [1.54, 1.807) is 37.3 Å². The summed E-state index contributed by atoms with van der Waals surface area (Å²) < 4.78 is 31.4. The number of benzene rings is 2. The maximum atomic E-state index is 12.5. The first kappa shape index (κ1) is 25.4. The van der Waals surface area contributed by atoms with Crippen LogP contribution in [0.5, 0.6) is 5.75 Å². The van der Waals surface area contributed by atoms with Crippen LogP contribution in [-0.4, -0.2) is 45.2 Å². The van der Waals surface area contributed by atoms with Crippen LogP contribution in [0.4, 0.5) is 0 Å². The molecule has 0 aliphatic rings. The Bertz CT molecular complexity index is 1030. The quantitative estimate of drug-likeness (QED) is 0.417. The van der Waals surface area contributed by atoms with E-state index in [0.717, 1.165) is 17.1 Å². The van der Waals surface area contributed by atoms with Gasteiger partial charge < -0.3 is 4.74 Å². The number of carbonyl (C=O) groups is 2. The van der Waals surface area contributed by atoms with Gasteiger partial charge >= 0.3 is 0 Å². The molecule has 2 aromatic rings. The summed E-state index contributed by atoms with van der Waals surface area (Å²) in [6, 6.07) is 10.9. The Morgan fingerprint density at radius 1 is 0.938 bits per heavy atom. The van der Waals surface area contributed by atoms with Crippen molar-refractivity contribution in [1.82, 2.24) is 15.2 Å². The van der Waals surface area contributed by atoms with E-state index in [4.69, 9.17) is 4.74 Å². The molecule has 0 aliphatic heterocycles. The molecule has 8 nitrogen and oxygen atoms in total. The molecule has 9 heteroatoms. The highest BCUT2D eigenvalue weighted by Gasteiger charge is 2.20. The van der Waals surface area contributed by atoms with Crippen LogP contribution in [0.3, 0.4) is 0 Å². The van der Waals surface area contributed by atoms with Crippen LogP contribution < -0.4 is 15.6 Å². The van der Waals surface area contributed by atoms with Crippen molar-refractivity contribution in [2.45, 2.75) is 44.4 Å². The fourth-order valence-electron chi connectivity index (χ4n) is 2.89. The summed E-state index contributed by atoms with van der Waals surface area (Å²) in [5.41, 5.74) is 5.77. The largest absolute Gasteiger partial charge is 0.494 e. The zero-order valence-corrected chi connectivity index (χ0v) is 19.8. The molecule has 2 N–H and O–H groups in total. The van der Waals surface area contributed by atoms with E-state index in [2.05, 4.69) is 17.8 Å². The summed E-state index contributed by atoms with van der Waals surface area (Å²) in [6.45, 7) is 4.47. The molecule has 0 heterocycles. The summed E-state index contributed by atoms with van der Waals surface area (Å²) in [7, 11) is -0.856. The number of ether oxygens (including phenoxy) is 1. The third-order valence-electron chi connectivity index (χ3n) is 4.90. The highest BCUT2D eigenvalue weighted by molar-refractivity contribution is 7.89. The van der Waals surface area contributed by atoms with Gasteiger partial charge in [0.2, 0.25) is 10.0 Å². The Labute approximate surface area is 190 Å². The van der Waals surface area contributed by atoms with Gasteiger partial charge in [-0.25, -0.2) is 12.7 Å². The average Bonchev–Trinajstić information content (AvgIpc) is 2.77. The lowest BCUT2D eigenvalue weighted by Gasteiger charge is -2.14. The van der Waals surface area contributed by atoms with Crippen LogP contribution in [0.2, 0.25) is 0 Å². The minimum absolute atomic E-state index is 0.00476. The fourth-order valence-corrected chi connectivity index (χ4v) is 3.82. The molecule has 0 spiro atoms. The molecule has 2 amide bonds. The van der Waals surface area contributed by atoms with Crippen LogP contribution in [0.15, 0.2) is 47.4 Å². The van der Waals surface area contributed by atoms with E-state index in [1.807, 2.05) is 0 Å². The average molecular weight is 462 g/mol. The summed E-state index contributed by atoms with van der Waals surface area (Å²) in [6.07, 6.45) is 4.46. The first-order valence-electron chi connectivity index (χ1n) is 10.5.